The summed E-state index contributed by atoms with van der Waals surface area (Å²) in [5.74, 6) is -0.224. The summed E-state index contributed by atoms with van der Waals surface area (Å²) in [4.78, 5) is 16.9. The summed E-state index contributed by atoms with van der Waals surface area (Å²) >= 11 is 6.42. The third-order valence-electron chi connectivity index (χ3n) is 4.67. The molecule has 0 unspecified atom stereocenters. The molecule has 3 N–H and O–H groups in total. The summed E-state index contributed by atoms with van der Waals surface area (Å²) in [7, 11) is 0. The van der Waals surface area contributed by atoms with Crippen LogP contribution in [0.5, 0.6) is 0 Å². The Hall–Kier alpha value is -2.65. The van der Waals surface area contributed by atoms with Crippen molar-refractivity contribution in [3.63, 3.8) is 0 Å². The lowest BCUT2D eigenvalue weighted by molar-refractivity contribution is -0.137. The number of anilines is 2. The van der Waals surface area contributed by atoms with Crippen molar-refractivity contribution in [3.05, 3.63) is 52.2 Å². The van der Waals surface area contributed by atoms with Gasteiger partial charge in [-0.1, -0.05) is 11.6 Å². The molecule has 0 radical (unpaired) electrons. The fourth-order valence-corrected chi connectivity index (χ4v) is 3.44. The second kappa shape index (κ2) is 9.01. The van der Waals surface area contributed by atoms with Gasteiger partial charge in [0.2, 0.25) is 0 Å². The molecule has 160 valence electrons. The van der Waals surface area contributed by atoms with Crippen LogP contribution in [0.1, 0.15) is 41.3 Å². The highest BCUT2D eigenvalue weighted by Crippen LogP contribution is 2.31. The first-order valence-electron chi connectivity index (χ1n) is 9.23. The maximum atomic E-state index is 12.7. The van der Waals surface area contributed by atoms with E-state index in [1.165, 1.54) is 13.1 Å². The average Bonchev–Trinajstić information content (AvgIpc) is 2.68. The number of amides is 1. The molecule has 0 bridgehead atoms. The fraction of sp³-hybridized carbons (Fsp3) is 0.350. The number of nitrogens with zero attached hydrogens (tertiary/aromatic N) is 1. The molecule has 6 nitrogen and oxygen atoms in total. The van der Waals surface area contributed by atoms with Crippen molar-refractivity contribution in [3.8, 4) is 0 Å². The maximum Gasteiger partial charge on any atom is 0.416 e. The highest BCUT2D eigenvalue weighted by atomic mass is 35.5. The molecule has 1 saturated heterocycles. The van der Waals surface area contributed by atoms with Crippen LogP contribution in [0.25, 0.3) is 0 Å². The number of carbonyl (C=O) groups is 1. The van der Waals surface area contributed by atoms with Gasteiger partial charge in [-0.15, -0.1) is 0 Å². The van der Waals surface area contributed by atoms with Gasteiger partial charge in [-0.05, 0) is 44.0 Å². The molecule has 0 aliphatic carbocycles. The first-order chi connectivity index (χ1) is 14.2. The van der Waals surface area contributed by atoms with Gasteiger partial charge in [-0.3, -0.25) is 4.79 Å². The van der Waals surface area contributed by atoms with Gasteiger partial charge in [-0.25, -0.2) is 4.98 Å². The zero-order valence-corrected chi connectivity index (χ0v) is 16.8. The van der Waals surface area contributed by atoms with E-state index in [1.54, 1.807) is 0 Å². The van der Waals surface area contributed by atoms with Gasteiger partial charge in [-0.2, -0.15) is 13.2 Å². The van der Waals surface area contributed by atoms with Crippen molar-refractivity contribution in [2.45, 2.75) is 32.0 Å². The smallest absolute Gasteiger partial charge is 0.381 e. The normalized spacial score (nSPS) is 15.0. The molecule has 30 heavy (non-hydrogen) atoms. The molecule has 1 fully saturated rings. The molecule has 2 heterocycles. The number of aromatic nitrogens is 1. The first kappa shape index (κ1) is 22.0. The second-order valence-electron chi connectivity index (χ2n) is 6.89. The number of hydrogen-bond acceptors (Lipinski definition) is 5. The predicted octanol–water partition coefficient (Wildman–Crippen LogP) is 4.98. The van der Waals surface area contributed by atoms with Gasteiger partial charge in [0.1, 0.15) is 5.82 Å². The lowest BCUT2D eigenvalue weighted by Crippen LogP contribution is -2.29. The summed E-state index contributed by atoms with van der Waals surface area (Å²) in [5.41, 5.74) is -0.169. The second-order valence-corrected chi connectivity index (χ2v) is 7.27. The van der Waals surface area contributed by atoms with Crippen LogP contribution in [0, 0.1) is 5.41 Å². The Morgan fingerprint density at radius 1 is 1.23 bits per heavy atom. The number of hydrogen-bond donors (Lipinski definition) is 3. The topological polar surface area (TPSA) is 87.1 Å². The van der Waals surface area contributed by atoms with Crippen molar-refractivity contribution in [2.75, 3.05) is 23.8 Å². The van der Waals surface area contributed by atoms with Gasteiger partial charge in [0.15, 0.2) is 0 Å². The molecule has 0 spiro atoms. The highest BCUT2D eigenvalue weighted by molar-refractivity contribution is 6.38. The molecular weight excluding hydrogens is 421 g/mol. The molecule has 10 heteroatoms. The van der Waals surface area contributed by atoms with E-state index < -0.39 is 17.6 Å². The van der Waals surface area contributed by atoms with E-state index in [9.17, 15) is 18.0 Å². The zero-order chi connectivity index (χ0) is 21.9. The van der Waals surface area contributed by atoms with Crippen molar-refractivity contribution in [1.29, 1.82) is 5.41 Å². The number of nitrogens with one attached hydrogen (secondary N) is 3. The molecule has 1 aromatic heterocycles. The number of rotatable bonds is 5. The van der Waals surface area contributed by atoms with Crippen LogP contribution >= 0.6 is 11.6 Å². The molecule has 1 aliphatic rings. The summed E-state index contributed by atoms with van der Waals surface area (Å²) in [5, 5.41) is 13.9. The molecule has 1 aromatic carbocycles. The molecule has 3 rings (SSSR count). The Bertz CT molecular complexity index is 942. The SMILES string of the molecule is CC(=N)c1c(NC2CCOCC2)ncc(C(=O)Nc2ccc(C(F)(F)F)cc2)c1Cl. The molecular formula is C20H20ClF3N4O2. The first-order valence-corrected chi connectivity index (χ1v) is 9.61. The van der Waals surface area contributed by atoms with Gasteiger partial charge >= 0.3 is 6.18 Å². The van der Waals surface area contributed by atoms with E-state index in [2.05, 4.69) is 15.6 Å². The Morgan fingerprint density at radius 3 is 2.43 bits per heavy atom. The van der Waals surface area contributed by atoms with E-state index in [0.29, 0.717) is 24.6 Å². The minimum Gasteiger partial charge on any atom is -0.381 e. The molecule has 2 aromatic rings. The minimum atomic E-state index is -4.46. The predicted molar refractivity (Wildman–Crippen MR) is 109 cm³/mol. The quantitative estimate of drug-likeness (QED) is 0.572. The van der Waals surface area contributed by atoms with Crippen molar-refractivity contribution in [1.82, 2.24) is 4.98 Å². The fourth-order valence-electron chi connectivity index (χ4n) is 3.08. The average molecular weight is 441 g/mol. The lowest BCUT2D eigenvalue weighted by atomic mass is 10.1. The van der Waals surface area contributed by atoms with E-state index in [4.69, 9.17) is 21.7 Å². The standard InChI is InChI=1S/C20H20ClF3N4O2/c1-11(25)16-17(21)15(10-26-18(16)27-14-6-8-30-9-7-14)19(29)28-13-4-2-12(3-5-13)20(22,23)24/h2-5,10,14,25H,6-9H2,1H3,(H,26,27)(H,28,29). The van der Waals surface area contributed by atoms with Gasteiger partial charge in [0.05, 0.1) is 21.7 Å². The van der Waals surface area contributed by atoms with Crippen LogP contribution in [-0.4, -0.2) is 35.9 Å². The number of halogens is 4. The van der Waals surface area contributed by atoms with Gasteiger partial charge < -0.3 is 20.8 Å². The van der Waals surface area contributed by atoms with Gasteiger partial charge in [0, 0.05) is 36.9 Å². The molecule has 0 saturated carbocycles. The van der Waals surface area contributed by atoms with Crippen molar-refractivity contribution >= 4 is 34.7 Å². The summed E-state index contributed by atoms with van der Waals surface area (Å²) in [6, 6.07) is 4.19. The summed E-state index contributed by atoms with van der Waals surface area (Å²) in [6.07, 6.45) is -1.60. The monoisotopic (exact) mass is 440 g/mol. The van der Waals surface area contributed by atoms with Crippen LogP contribution in [0.3, 0.4) is 0 Å². The van der Waals surface area contributed by atoms with Gasteiger partial charge in [0.25, 0.3) is 5.91 Å². The highest BCUT2D eigenvalue weighted by Gasteiger charge is 2.30. The largest absolute Gasteiger partial charge is 0.416 e. The van der Waals surface area contributed by atoms with E-state index in [-0.39, 0.29) is 28.0 Å². The minimum absolute atomic E-state index is 0.0238. The summed E-state index contributed by atoms with van der Waals surface area (Å²) in [6.45, 7) is 2.78. The molecule has 1 amide bonds. The number of ether oxygens (including phenoxy) is 1. The van der Waals surface area contributed by atoms with Crippen molar-refractivity contribution in [2.24, 2.45) is 0 Å². The van der Waals surface area contributed by atoms with Crippen LogP contribution < -0.4 is 10.6 Å². The Morgan fingerprint density at radius 2 is 1.87 bits per heavy atom. The van der Waals surface area contributed by atoms with Crippen LogP contribution in [0.2, 0.25) is 5.02 Å². The molecule has 0 atom stereocenters. The Labute approximate surface area is 176 Å². The van der Waals surface area contributed by atoms with E-state index in [0.717, 1.165) is 37.1 Å². The third-order valence-corrected chi connectivity index (χ3v) is 5.06. The van der Waals surface area contributed by atoms with Crippen LogP contribution in [0.4, 0.5) is 24.7 Å². The van der Waals surface area contributed by atoms with Crippen LogP contribution in [0.15, 0.2) is 30.5 Å². The lowest BCUT2D eigenvalue weighted by Gasteiger charge is -2.25. The number of carbonyl (C=O) groups excluding carboxylic acids is 1. The van der Waals surface area contributed by atoms with Crippen LogP contribution in [-0.2, 0) is 10.9 Å². The van der Waals surface area contributed by atoms with E-state index >= 15 is 0 Å². The number of benzene rings is 1. The number of alkyl halides is 3. The van der Waals surface area contributed by atoms with E-state index in [1.807, 2.05) is 0 Å². The zero-order valence-electron chi connectivity index (χ0n) is 16.1. The third kappa shape index (κ3) is 5.09. The number of pyridine rings is 1. The maximum absolute atomic E-state index is 12.7. The summed E-state index contributed by atoms with van der Waals surface area (Å²) < 4.78 is 43.4. The van der Waals surface area contributed by atoms with Crippen molar-refractivity contribution < 1.29 is 22.7 Å². The Balaban J connectivity index is 1.82. The Kier molecular flexibility index (Phi) is 6.62. The molecule has 1 aliphatic heterocycles.